The summed E-state index contributed by atoms with van der Waals surface area (Å²) in [5, 5.41) is 11.5. The molecule has 0 spiro atoms. The molecule has 7 heterocycles. The van der Waals surface area contributed by atoms with Crippen molar-refractivity contribution in [2.75, 3.05) is 25.6 Å². The van der Waals surface area contributed by atoms with Crippen molar-refractivity contribution in [3.8, 4) is 0 Å². The first kappa shape index (κ1) is 35.0. The highest BCUT2D eigenvalue weighted by molar-refractivity contribution is 7.47. The van der Waals surface area contributed by atoms with Gasteiger partial charge in [0.15, 0.2) is 23.6 Å². The Morgan fingerprint density at radius 2 is 1.68 bits per heavy atom. The van der Waals surface area contributed by atoms with E-state index in [4.69, 9.17) is 38.0 Å². The smallest absolute Gasteiger partial charge is 0.387 e. The van der Waals surface area contributed by atoms with Crippen molar-refractivity contribution < 1.29 is 69.5 Å². The van der Waals surface area contributed by atoms with E-state index in [0.717, 1.165) is 17.2 Å². The summed E-state index contributed by atoms with van der Waals surface area (Å²) < 4.78 is 107. The molecular weight excluding hydrogens is 727 g/mol. The molecule has 6 N–H and O–H groups in total. The molecule has 50 heavy (non-hydrogen) atoms. The van der Waals surface area contributed by atoms with Crippen LogP contribution in [0, 0.1) is 6.92 Å². The number of aromatic nitrogens is 7. The Morgan fingerprint density at radius 3 is 2.40 bits per heavy atom. The maximum Gasteiger partial charge on any atom is 0.472 e. The van der Waals surface area contributed by atoms with Gasteiger partial charge in [-0.05, 0) is 13.0 Å². The number of halogens is 3. The standard InChI is InChI=1S/C24H27F3N8O13P2/c1-9-32-20-13(21(37)33-9)31-8-35(20)23-17-15(42-6-24(25,26)27)12(46-23)5-44-49(38,39)47-16-14(36)11(4-43-50(40,41)48-17)45-22(16)34-3-2-10-18(28)29-7-30-19(10)34/h2-3,7-8,11-12,14-17,22-23,36H,4-6H2,1H3,(H,38,39)(H,40,41)(H2,28,29,30)(H,32,33,37)/t11-,12-,14+,15?,16?,17+,22-,23-/m1/s1. The molecule has 0 radical (unpaired) electrons. The number of aliphatic hydroxyl groups is 1. The van der Waals surface area contributed by atoms with Crippen LogP contribution in [0.2, 0.25) is 0 Å². The molecule has 21 nitrogen and oxygen atoms in total. The highest BCUT2D eigenvalue weighted by Crippen LogP contribution is 2.54. The fourth-order valence-corrected chi connectivity index (χ4v) is 7.75. The number of fused-ring (bicyclic) bond motifs is 6. The van der Waals surface area contributed by atoms with Gasteiger partial charge in [-0.1, -0.05) is 0 Å². The molecular formula is C24H27F3N8O13P2. The number of nitrogens with zero attached hydrogens (tertiary/aromatic N) is 6. The summed E-state index contributed by atoms with van der Waals surface area (Å²) in [7, 11) is -10.6. The number of ether oxygens (including phenoxy) is 3. The lowest BCUT2D eigenvalue weighted by atomic mass is 10.1. The predicted octanol–water partition coefficient (Wildman–Crippen LogP) is 0.576. The van der Waals surface area contributed by atoms with Crippen molar-refractivity contribution in [2.24, 2.45) is 0 Å². The fourth-order valence-electron chi connectivity index (χ4n) is 5.89. The Hall–Kier alpha value is -3.38. The van der Waals surface area contributed by atoms with E-state index in [0.29, 0.717) is 5.39 Å². The van der Waals surface area contributed by atoms with Gasteiger partial charge in [0.2, 0.25) is 0 Å². The van der Waals surface area contributed by atoms with Crippen LogP contribution in [0.5, 0.6) is 0 Å². The number of hydrogen-bond acceptors (Lipinski definition) is 16. The Kier molecular flexibility index (Phi) is 8.89. The number of H-pyrrole nitrogens is 1. The zero-order valence-corrected chi connectivity index (χ0v) is 27.1. The molecule has 0 aliphatic carbocycles. The Balaban J connectivity index is 1.26. The minimum absolute atomic E-state index is 0.0784. The second-order valence-corrected chi connectivity index (χ2v) is 14.2. The average molecular weight is 754 g/mol. The van der Waals surface area contributed by atoms with Crippen LogP contribution in [0.25, 0.3) is 22.2 Å². The second-order valence-electron chi connectivity index (χ2n) is 11.4. The first-order valence-electron chi connectivity index (χ1n) is 14.5. The predicted molar refractivity (Wildman–Crippen MR) is 156 cm³/mol. The molecule has 0 amide bonds. The summed E-state index contributed by atoms with van der Waals surface area (Å²) in [6.07, 6.45) is -15.2. The van der Waals surface area contributed by atoms with E-state index >= 15 is 0 Å². The zero-order valence-electron chi connectivity index (χ0n) is 25.3. The maximum atomic E-state index is 13.4. The molecule has 4 aromatic rings. The van der Waals surface area contributed by atoms with Gasteiger partial charge in [0.1, 0.15) is 66.8 Å². The summed E-state index contributed by atoms with van der Waals surface area (Å²) in [4.78, 5) is 52.7. The van der Waals surface area contributed by atoms with Crippen LogP contribution in [-0.2, 0) is 41.4 Å². The van der Waals surface area contributed by atoms with Crippen molar-refractivity contribution in [1.82, 2.24) is 34.1 Å². The van der Waals surface area contributed by atoms with Gasteiger partial charge in [-0.15, -0.1) is 0 Å². The number of nitrogen functional groups attached to an aromatic ring is 1. The number of phosphoric acid groups is 2. The number of nitrogens with one attached hydrogen (secondary N) is 1. The van der Waals surface area contributed by atoms with E-state index in [-0.39, 0.29) is 28.5 Å². The number of hydrogen-bond donors (Lipinski definition) is 5. The third-order valence-electron chi connectivity index (χ3n) is 7.99. The Morgan fingerprint density at radius 1 is 1.02 bits per heavy atom. The van der Waals surface area contributed by atoms with E-state index in [1.807, 2.05) is 0 Å². The van der Waals surface area contributed by atoms with Gasteiger partial charge < -0.3 is 44.4 Å². The molecule has 26 heteroatoms. The highest BCUT2D eigenvalue weighted by atomic mass is 31.2. The first-order valence-corrected chi connectivity index (χ1v) is 17.5. The molecule has 0 saturated carbocycles. The minimum Gasteiger partial charge on any atom is -0.387 e. The molecule has 10 atom stereocenters. The number of rotatable bonds is 4. The lowest BCUT2D eigenvalue weighted by Gasteiger charge is -2.28. The minimum atomic E-state index is -5.32. The number of nitrogens with two attached hydrogens (primary N) is 1. The molecule has 4 unspecified atom stereocenters. The molecule has 272 valence electrons. The van der Waals surface area contributed by atoms with Gasteiger partial charge in [0.25, 0.3) is 5.56 Å². The van der Waals surface area contributed by atoms with Crippen LogP contribution in [-0.4, -0.2) is 112 Å². The van der Waals surface area contributed by atoms with Gasteiger partial charge in [-0.3, -0.25) is 27.5 Å². The van der Waals surface area contributed by atoms with Gasteiger partial charge in [0.05, 0.1) is 24.9 Å². The topological polar surface area (TPSA) is 280 Å². The summed E-state index contributed by atoms with van der Waals surface area (Å²) in [5.41, 5.74) is 5.00. The highest BCUT2D eigenvalue weighted by Gasteiger charge is 2.55. The van der Waals surface area contributed by atoms with Crippen molar-refractivity contribution in [1.29, 1.82) is 0 Å². The number of alkyl halides is 3. The third-order valence-corrected chi connectivity index (χ3v) is 9.96. The van der Waals surface area contributed by atoms with Gasteiger partial charge >= 0.3 is 21.8 Å². The quantitative estimate of drug-likeness (QED) is 0.178. The molecule has 7 rings (SSSR count). The van der Waals surface area contributed by atoms with Crippen LogP contribution in [0.3, 0.4) is 0 Å². The summed E-state index contributed by atoms with van der Waals surface area (Å²) in [6.45, 7) is -2.43. The third kappa shape index (κ3) is 6.69. The lowest BCUT2D eigenvalue weighted by Crippen LogP contribution is -2.41. The molecule has 4 bridgehead atoms. The number of phosphoric ester groups is 2. The van der Waals surface area contributed by atoms with Gasteiger partial charge in [-0.2, -0.15) is 13.2 Å². The molecule has 0 aromatic carbocycles. The van der Waals surface area contributed by atoms with Gasteiger partial charge in [-0.25, -0.2) is 29.1 Å². The lowest BCUT2D eigenvalue weighted by molar-refractivity contribution is -0.196. The van der Waals surface area contributed by atoms with E-state index in [9.17, 15) is 42.0 Å². The van der Waals surface area contributed by atoms with Crippen LogP contribution in [0.4, 0.5) is 19.0 Å². The van der Waals surface area contributed by atoms with E-state index in [1.165, 1.54) is 23.8 Å². The zero-order chi connectivity index (χ0) is 35.7. The summed E-state index contributed by atoms with van der Waals surface area (Å²) in [5.74, 6) is 0.183. The van der Waals surface area contributed by atoms with Crippen molar-refractivity contribution in [3.05, 3.63) is 41.1 Å². The van der Waals surface area contributed by atoms with Crippen LogP contribution >= 0.6 is 15.6 Å². The van der Waals surface area contributed by atoms with Crippen LogP contribution in [0.1, 0.15) is 18.3 Å². The number of aromatic amines is 1. The monoisotopic (exact) mass is 754 g/mol. The fraction of sp³-hybridized carbons (Fsp3) is 0.542. The Labute approximate surface area is 276 Å². The number of aryl methyl sites for hydroxylation is 1. The SMILES string of the molecule is Cc1nc2c(ncn2[C@@H]2O[C@@H]3COP(=O)(O)OC4[C@@H](O)[C@@H](COP(=O)(O)O[C@H]2C3OCC(F)(F)F)O[C@H]4n2ccc3c(N)ncnc32)c(=O)[nH]1. The summed E-state index contributed by atoms with van der Waals surface area (Å²) >= 11 is 0. The van der Waals surface area contributed by atoms with Crippen molar-refractivity contribution >= 4 is 43.7 Å². The van der Waals surface area contributed by atoms with E-state index in [1.54, 1.807) is 0 Å². The molecule has 3 aliphatic rings. The second kappa shape index (κ2) is 12.7. The average Bonchev–Trinajstić information content (AvgIpc) is 3.78. The van der Waals surface area contributed by atoms with Crippen LogP contribution < -0.4 is 11.3 Å². The van der Waals surface area contributed by atoms with E-state index in [2.05, 4.69) is 24.9 Å². The van der Waals surface area contributed by atoms with Crippen molar-refractivity contribution in [2.45, 2.75) is 62.2 Å². The molecule has 3 saturated heterocycles. The largest absolute Gasteiger partial charge is 0.472 e. The first-order chi connectivity index (χ1) is 23.5. The summed E-state index contributed by atoms with van der Waals surface area (Å²) in [6, 6.07) is 1.50. The van der Waals surface area contributed by atoms with E-state index < -0.39 is 96.3 Å². The molecule has 3 fully saturated rings. The molecule has 3 aliphatic heterocycles. The van der Waals surface area contributed by atoms with Crippen LogP contribution in [0.15, 0.2) is 29.7 Å². The number of imidazole rings is 1. The normalized spacial score (nSPS) is 35.5. The molecule has 4 aromatic heterocycles. The number of anilines is 1. The van der Waals surface area contributed by atoms with Crippen molar-refractivity contribution in [3.63, 3.8) is 0 Å². The Bertz CT molecular complexity index is 2080. The number of aliphatic hydroxyl groups excluding tert-OH is 1. The van der Waals surface area contributed by atoms with Gasteiger partial charge in [0, 0.05) is 6.20 Å². The maximum absolute atomic E-state index is 13.4.